The van der Waals surface area contributed by atoms with Crippen LogP contribution in [0.4, 0.5) is 5.95 Å². The molecule has 2 aromatic rings. The molecule has 1 saturated heterocycles. The normalized spacial score (nSPS) is 18.0. The number of nitrogens with zero attached hydrogens (tertiary/aromatic N) is 3. The lowest BCUT2D eigenvalue weighted by Gasteiger charge is -2.29. The van der Waals surface area contributed by atoms with Crippen LogP contribution in [0.15, 0.2) is 6.07 Å². The molecule has 1 aliphatic rings. The molecule has 1 aliphatic heterocycles. The molecule has 0 amide bonds. The van der Waals surface area contributed by atoms with Crippen molar-refractivity contribution < 1.29 is 4.74 Å². The number of aromatic nitrogens is 2. The van der Waals surface area contributed by atoms with E-state index in [1.165, 1.54) is 4.88 Å². The minimum atomic E-state index is 0.230. The Morgan fingerprint density at radius 2 is 2.11 bits per heavy atom. The van der Waals surface area contributed by atoms with Crippen LogP contribution in [0, 0.1) is 6.92 Å². The maximum Gasteiger partial charge on any atom is 0.227 e. The summed E-state index contributed by atoms with van der Waals surface area (Å²) in [5.41, 5.74) is 5.76. The van der Waals surface area contributed by atoms with Crippen LogP contribution < -0.4 is 10.5 Å². The van der Waals surface area contributed by atoms with E-state index in [1.807, 2.05) is 0 Å². The summed E-state index contributed by atoms with van der Waals surface area (Å²) >= 11 is 1.62. The van der Waals surface area contributed by atoms with E-state index in [0.717, 1.165) is 36.1 Å². The lowest BCUT2D eigenvalue weighted by molar-refractivity contribution is 0.111. The third kappa shape index (κ3) is 2.64. The van der Waals surface area contributed by atoms with Gasteiger partial charge in [-0.2, -0.15) is 4.98 Å². The van der Waals surface area contributed by atoms with Gasteiger partial charge in [-0.3, -0.25) is 0 Å². The first-order chi connectivity index (χ1) is 9.11. The van der Waals surface area contributed by atoms with Gasteiger partial charge in [-0.15, -0.1) is 11.3 Å². The van der Waals surface area contributed by atoms with E-state index < -0.39 is 0 Å². The van der Waals surface area contributed by atoms with Crippen molar-refractivity contribution in [2.75, 3.05) is 25.9 Å². The minimum absolute atomic E-state index is 0.230. The maximum atomic E-state index is 6.06. The summed E-state index contributed by atoms with van der Waals surface area (Å²) in [6.07, 6.45) is 2.30. The molecule has 0 saturated carbocycles. The van der Waals surface area contributed by atoms with Crippen LogP contribution >= 0.6 is 11.3 Å². The largest absolute Gasteiger partial charge is 0.474 e. The number of nitrogens with two attached hydrogens (primary N) is 1. The van der Waals surface area contributed by atoms with Crippen LogP contribution in [-0.4, -0.2) is 41.1 Å². The fraction of sp³-hybridized carbons (Fsp3) is 0.538. The van der Waals surface area contributed by atoms with Crippen molar-refractivity contribution in [3.63, 3.8) is 0 Å². The number of aryl methyl sites for hydroxylation is 1. The first kappa shape index (κ1) is 12.6. The van der Waals surface area contributed by atoms with Gasteiger partial charge in [0, 0.05) is 18.0 Å². The van der Waals surface area contributed by atoms with E-state index in [1.54, 1.807) is 11.3 Å². The van der Waals surface area contributed by atoms with Gasteiger partial charge >= 0.3 is 0 Å². The average Bonchev–Trinajstić information content (AvgIpc) is 2.72. The molecule has 5 nitrogen and oxygen atoms in total. The third-order valence-electron chi connectivity index (χ3n) is 3.44. The molecule has 0 spiro atoms. The van der Waals surface area contributed by atoms with Gasteiger partial charge in [0.2, 0.25) is 11.8 Å². The van der Waals surface area contributed by atoms with Crippen molar-refractivity contribution in [2.45, 2.75) is 25.9 Å². The van der Waals surface area contributed by atoms with Gasteiger partial charge in [-0.05, 0) is 32.9 Å². The Balaban J connectivity index is 1.87. The molecule has 102 valence electrons. The number of rotatable bonds is 2. The number of ether oxygens (including phenoxy) is 1. The van der Waals surface area contributed by atoms with Crippen LogP contribution in [-0.2, 0) is 0 Å². The van der Waals surface area contributed by atoms with Crippen molar-refractivity contribution in [3.05, 3.63) is 10.9 Å². The summed E-state index contributed by atoms with van der Waals surface area (Å²) in [7, 11) is 2.14. The van der Waals surface area contributed by atoms with Crippen molar-refractivity contribution in [3.8, 4) is 5.88 Å². The van der Waals surface area contributed by atoms with E-state index in [2.05, 4.69) is 34.9 Å². The molecule has 0 aliphatic carbocycles. The second-order valence-corrected chi connectivity index (χ2v) is 6.32. The van der Waals surface area contributed by atoms with Crippen LogP contribution in [0.3, 0.4) is 0 Å². The summed E-state index contributed by atoms with van der Waals surface area (Å²) in [5, 5.41) is 0.982. The maximum absolute atomic E-state index is 6.06. The lowest BCUT2D eigenvalue weighted by Crippen LogP contribution is -2.35. The number of piperidine rings is 1. The summed E-state index contributed by atoms with van der Waals surface area (Å²) in [6, 6.07) is 2.07. The first-order valence-electron chi connectivity index (χ1n) is 6.50. The van der Waals surface area contributed by atoms with E-state index >= 15 is 0 Å². The number of fused-ring (bicyclic) bond motifs is 1. The fourth-order valence-electron chi connectivity index (χ4n) is 2.38. The minimum Gasteiger partial charge on any atom is -0.474 e. The zero-order valence-electron chi connectivity index (χ0n) is 11.2. The highest BCUT2D eigenvalue weighted by Gasteiger charge is 2.20. The predicted octanol–water partition coefficient (Wildman–Crippen LogP) is 2.05. The van der Waals surface area contributed by atoms with Crippen molar-refractivity contribution in [1.82, 2.24) is 14.9 Å². The molecule has 0 bridgehead atoms. The summed E-state index contributed by atoms with van der Waals surface area (Å²) < 4.78 is 6.06. The van der Waals surface area contributed by atoms with Crippen LogP contribution in [0.2, 0.25) is 0 Å². The first-order valence-corrected chi connectivity index (χ1v) is 7.32. The molecular weight excluding hydrogens is 260 g/mol. The molecular formula is C13H18N4OS. The second-order valence-electron chi connectivity index (χ2n) is 5.08. The Bertz CT molecular complexity index is 590. The van der Waals surface area contributed by atoms with Gasteiger partial charge in [0.1, 0.15) is 10.9 Å². The van der Waals surface area contributed by atoms with Gasteiger partial charge in [0.25, 0.3) is 0 Å². The van der Waals surface area contributed by atoms with Crippen molar-refractivity contribution >= 4 is 27.5 Å². The molecule has 19 heavy (non-hydrogen) atoms. The summed E-state index contributed by atoms with van der Waals surface area (Å²) in [6.45, 7) is 4.19. The standard InChI is InChI=1S/C13H18N4OS/c1-8-7-10-11(15-13(14)16-12(10)19-8)18-9-3-5-17(2)6-4-9/h7,9H,3-6H2,1-2H3,(H2,14,15,16). The average molecular weight is 278 g/mol. The topological polar surface area (TPSA) is 64.3 Å². The number of likely N-dealkylation sites (tertiary alicyclic amines) is 1. The van der Waals surface area contributed by atoms with E-state index in [0.29, 0.717) is 5.88 Å². The highest BCUT2D eigenvalue weighted by atomic mass is 32.1. The summed E-state index contributed by atoms with van der Waals surface area (Å²) in [4.78, 5) is 12.9. The van der Waals surface area contributed by atoms with Crippen molar-refractivity contribution in [2.24, 2.45) is 0 Å². The molecule has 0 unspecified atom stereocenters. The van der Waals surface area contributed by atoms with Crippen LogP contribution in [0.1, 0.15) is 17.7 Å². The molecule has 2 aromatic heterocycles. The number of thiophene rings is 1. The number of anilines is 1. The van der Waals surface area contributed by atoms with Crippen LogP contribution in [0.25, 0.3) is 10.2 Å². The summed E-state index contributed by atoms with van der Waals surface area (Å²) in [5.74, 6) is 0.929. The van der Waals surface area contributed by atoms with Gasteiger partial charge in [-0.1, -0.05) is 0 Å². The molecule has 0 atom stereocenters. The monoisotopic (exact) mass is 278 g/mol. The third-order valence-corrected chi connectivity index (χ3v) is 4.39. The number of nitrogen functional groups attached to an aromatic ring is 1. The Morgan fingerprint density at radius 1 is 1.37 bits per heavy atom. The highest BCUT2D eigenvalue weighted by Crippen LogP contribution is 2.31. The zero-order valence-corrected chi connectivity index (χ0v) is 12.0. The lowest BCUT2D eigenvalue weighted by atomic mass is 10.1. The number of hydrogen-bond donors (Lipinski definition) is 1. The quantitative estimate of drug-likeness (QED) is 0.911. The van der Waals surface area contributed by atoms with Gasteiger partial charge in [0.15, 0.2) is 0 Å². The fourth-order valence-corrected chi connectivity index (χ4v) is 3.26. The van der Waals surface area contributed by atoms with Crippen LogP contribution in [0.5, 0.6) is 5.88 Å². The Labute approximate surface area is 116 Å². The molecule has 1 fully saturated rings. The molecule has 6 heteroatoms. The molecule has 0 aromatic carbocycles. The van der Waals surface area contributed by atoms with E-state index in [9.17, 15) is 0 Å². The van der Waals surface area contributed by atoms with Crippen molar-refractivity contribution in [1.29, 1.82) is 0 Å². The zero-order chi connectivity index (χ0) is 13.4. The Kier molecular flexibility index (Phi) is 3.28. The predicted molar refractivity (Wildman–Crippen MR) is 77.7 cm³/mol. The van der Waals surface area contributed by atoms with Gasteiger partial charge in [0.05, 0.1) is 5.39 Å². The second kappa shape index (κ2) is 4.94. The van der Waals surface area contributed by atoms with Gasteiger partial charge < -0.3 is 15.4 Å². The molecule has 3 rings (SSSR count). The molecule has 2 N–H and O–H groups in total. The highest BCUT2D eigenvalue weighted by molar-refractivity contribution is 7.18. The smallest absolute Gasteiger partial charge is 0.227 e. The molecule has 0 radical (unpaired) electrons. The SMILES string of the molecule is Cc1cc2c(OC3CCN(C)CC3)nc(N)nc2s1. The van der Waals surface area contributed by atoms with E-state index in [-0.39, 0.29) is 12.1 Å². The molecule has 3 heterocycles. The van der Waals surface area contributed by atoms with Gasteiger partial charge in [-0.25, -0.2) is 4.98 Å². The Hall–Kier alpha value is -1.40. The van der Waals surface area contributed by atoms with E-state index in [4.69, 9.17) is 10.5 Å². The number of hydrogen-bond acceptors (Lipinski definition) is 6. The Morgan fingerprint density at radius 3 is 2.84 bits per heavy atom.